The number of halogens is 1. The topological polar surface area (TPSA) is 56.7 Å². The predicted octanol–water partition coefficient (Wildman–Crippen LogP) is 1.97. The fourth-order valence-electron chi connectivity index (χ4n) is 1.34. The summed E-state index contributed by atoms with van der Waals surface area (Å²) < 4.78 is 2.56. The van der Waals surface area contributed by atoms with Gasteiger partial charge in [-0.25, -0.2) is 9.67 Å². The Bertz CT molecular complexity index is 550. The number of hydrogen-bond acceptors (Lipinski definition) is 3. The highest BCUT2D eigenvalue weighted by Gasteiger charge is 2.05. The quantitative estimate of drug-likeness (QED) is 0.861. The second-order valence-corrected chi connectivity index (χ2v) is 4.68. The van der Waals surface area contributed by atoms with Crippen molar-refractivity contribution in [2.75, 3.05) is 0 Å². The molecule has 4 nitrogen and oxygen atoms in total. The van der Waals surface area contributed by atoms with Crippen molar-refractivity contribution in [3.63, 3.8) is 0 Å². The van der Waals surface area contributed by atoms with Crippen molar-refractivity contribution in [2.24, 2.45) is 5.73 Å². The van der Waals surface area contributed by atoms with Crippen LogP contribution in [0.4, 0.5) is 0 Å². The highest BCUT2D eigenvalue weighted by Crippen LogP contribution is 2.13. The zero-order valence-corrected chi connectivity index (χ0v) is 10.9. The highest BCUT2D eigenvalue weighted by atomic mass is 79.9. The maximum atomic E-state index is 5.60. The molecule has 0 saturated heterocycles. The van der Waals surface area contributed by atoms with Gasteiger partial charge in [0.1, 0.15) is 4.99 Å². The first kappa shape index (κ1) is 11.2. The third-order valence-corrected chi connectivity index (χ3v) is 2.66. The standard InChI is InChI=1S/C10H9BrN4S/c1-6-2-7(10(12)16)3-9(14-6)15-5-8(11)4-13-15/h2-5H,1H3,(H2,12,16). The second-order valence-electron chi connectivity index (χ2n) is 3.32. The van der Waals surface area contributed by atoms with Crippen LogP contribution in [0.5, 0.6) is 0 Å². The van der Waals surface area contributed by atoms with E-state index in [0.29, 0.717) is 10.8 Å². The fraction of sp³-hybridized carbons (Fsp3) is 0.100. The zero-order valence-electron chi connectivity index (χ0n) is 8.51. The first-order chi connectivity index (χ1) is 7.56. The molecule has 2 N–H and O–H groups in total. The van der Waals surface area contributed by atoms with Crippen LogP contribution in [0.25, 0.3) is 5.82 Å². The van der Waals surface area contributed by atoms with Crippen LogP contribution in [-0.4, -0.2) is 19.8 Å². The number of pyridine rings is 1. The van der Waals surface area contributed by atoms with E-state index in [-0.39, 0.29) is 0 Å². The molecule has 0 aromatic carbocycles. The lowest BCUT2D eigenvalue weighted by atomic mass is 10.2. The summed E-state index contributed by atoms with van der Waals surface area (Å²) in [6.07, 6.45) is 3.52. The average Bonchev–Trinajstić information content (AvgIpc) is 2.64. The average molecular weight is 297 g/mol. The van der Waals surface area contributed by atoms with Crippen molar-refractivity contribution >= 4 is 33.1 Å². The first-order valence-electron chi connectivity index (χ1n) is 4.55. The molecule has 0 bridgehead atoms. The van der Waals surface area contributed by atoms with E-state index in [4.69, 9.17) is 18.0 Å². The summed E-state index contributed by atoms with van der Waals surface area (Å²) in [6, 6.07) is 3.67. The van der Waals surface area contributed by atoms with E-state index in [1.54, 1.807) is 10.9 Å². The highest BCUT2D eigenvalue weighted by molar-refractivity contribution is 9.10. The lowest BCUT2D eigenvalue weighted by molar-refractivity contribution is 0.840. The SMILES string of the molecule is Cc1cc(C(N)=S)cc(-n2cc(Br)cn2)n1. The van der Waals surface area contributed by atoms with E-state index in [1.807, 2.05) is 25.3 Å². The van der Waals surface area contributed by atoms with Gasteiger partial charge >= 0.3 is 0 Å². The van der Waals surface area contributed by atoms with Gasteiger partial charge in [0.2, 0.25) is 0 Å². The van der Waals surface area contributed by atoms with Gasteiger partial charge in [-0.3, -0.25) is 0 Å². The molecule has 0 aliphatic heterocycles. The van der Waals surface area contributed by atoms with Crippen molar-refractivity contribution in [3.05, 3.63) is 40.3 Å². The minimum absolute atomic E-state index is 0.359. The summed E-state index contributed by atoms with van der Waals surface area (Å²) in [4.78, 5) is 4.72. The van der Waals surface area contributed by atoms with Crippen LogP contribution < -0.4 is 5.73 Å². The molecule has 0 aliphatic carbocycles. The van der Waals surface area contributed by atoms with Gasteiger partial charge < -0.3 is 5.73 Å². The van der Waals surface area contributed by atoms with Crippen LogP contribution in [0.2, 0.25) is 0 Å². The Balaban J connectivity index is 2.53. The molecule has 2 rings (SSSR count). The maximum Gasteiger partial charge on any atom is 0.154 e. The zero-order chi connectivity index (χ0) is 11.7. The van der Waals surface area contributed by atoms with Gasteiger partial charge in [-0.05, 0) is 35.0 Å². The largest absolute Gasteiger partial charge is 0.389 e. The summed E-state index contributed by atoms with van der Waals surface area (Å²) in [7, 11) is 0. The minimum atomic E-state index is 0.359. The molecular weight excluding hydrogens is 288 g/mol. The second kappa shape index (κ2) is 4.31. The van der Waals surface area contributed by atoms with Gasteiger partial charge in [-0.2, -0.15) is 5.10 Å². The molecule has 0 fully saturated rings. The van der Waals surface area contributed by atoms with Gasteiger partial charge in [0.25, 0.3) is 0 Å². The Morgan fingerprint density at radius 1 is 1.50 bits per heavy atom. The van der Waals surface area contributed by atoms with E-state index in [0.717, 1.165) is 15.7 Å². The molecule has 0 spiro atoms. The summed E-state index contributed by atoms with van der Waals surface area (Å²) in [5.74, 6) is 0.702. The Kier molecular flexibility index (Phi) is 3.02. The van der Waals surface area contributed by atoms with Crippen molar-refractivity contribution in [1.82, 2.24) is 14.8 Å². The fourth-order valence-corrected chi connectivity index (χ4v) is 1.74. The number of aryl methyl sites for hydroxylation is 1. The van der Waals surface area contributed by atoms with E-state index >= 15 is 0 Å². The summed E-state index contributed by atoms with van der Waals surface area (Å²) in [6.45, 7) is 1.89. The summed E-state index contributed by atoms with van der Waals surface area (Å²) >= 11 is 8.28. The van der Waals surface area contributed by atoms with Crippen LogP contribution in [-0.2, 0) is 0 Å². The molecule has 82 valence electrons. The Morgan fingerprint density at radius 2 is 2.25 bits per heavy atom. The molecule has 0 atom stereocenters. The molecule has 0 amide bonds. The number of hydrogen-bond donors (Lipinski definition) is 1. The Morgan fingerprint density at radius 3 is 2.81 bits per heavy atom. The third-order valence-electron chi connectivity index (χ3n) is 2.01. The predicted molar refractivity (Wildman–Crippen MR) is 69.7 cm³/mol. The van der Waals surface area contributed by atoms with Crippen LogP contribution >= 0.6 is 28.1 Å². The number of thiocarbonyl (C=S) groups is 1. The third kappa shape index (κ3) is 2.28. The molecule has 2 aromatic rings. The maximum absolute atomic E-state index is 5.60. The molecule has 0 radical (unpaired) electrons. The molecule has 2 aromatic heterocycles. The van der Waals surface area contributed by atoms with Crippen molar-refractivity contribution in [2.45, 2.75) is 6.92 Å². The van der Waals surface area contributed by atoms with E-state index in [1.165, 1.54) is 0 Å². The Hall–Kier alpha value is -1.27. The minimum Gasteiger partial charge on any atom is -0.389 e. The van der Waals surface area contributed by atoms with Crippen molar-refractivity contribution in [3.8, 4) is 5.82 Å². The van der Waals surface area contributed by atoms with Crippen LogP contribution in [0.15, 0.2) is 29.0 Å². The van der Waals surface area contributed by atoms with Gasteiger partial charge in [-0.15, -0.1) is 0 Å². The summed E-state index contributed by atoms with van der Waals surface area (Å²) in [5, 5.41) is 4.15. The van der Waals surface area contributed by atoms with Gasteiger partial charge in [-0.1, -0.05) is 12.2 Å². The lowest BCUT2D eigenvalue weighted by Crippen LogP contribution is -2.11. The number of aromatic nitrogens is 3. The van der Waals surface area contributed by atoms with Gasteiger partial charge in [0.15, 0.2) is 5.82 Å². The monoisotopic (exact) mass is 296 g/mol. The normalized spacial score (nSPS) is 10.4. The van der Waals surface area contributed by atoms with Gasteiger partial charge in [0, 0.05) is 17.5 Å². The molecule has 0 saturated carbocycles. The Labute approximate surface area is 107 Å². The molecule has 16 heavy (non-hydrogen) atoms. The van der Waals surface area contributed by atoms with Crippen LogP contribution in [0.3, 0.4) is 0 Å². The van der Waals surface area contributed by atoms with Crippen LogP contribution in [0, 0.1) is 6.92 Å². The van der Waals surface area contributed by atoms with E-state index < -0.39 is 0 Å². The molecule has 0 aliphatic rings. The molecular formula is C10H9BrN4S. The van der Waals surface area contributed by atoms with Crippen LogP contribution in [0.1, 0.15) is 11.3 Å². The number of nitrogens with two attached hydrogens (primary N) is 1. The lowest BCUT2D eigenvalue weighted by Gasteiger charge is -2.05. The van der Waals surface area contributed by atoms with Crippen molar-refractivity contribution < 1.29 is 0 Å². The molecule has 0 unspecified atom stereocenters. The van der Waals surface area contributed by atoms with Gasteiger partial charge in [0.05, 0.1) is 10.7 Å². The number of nitrogens with zero attached hydrogens (tertiary/aromatic N) is 3. The number of rotatable bonds is 2. The molecule has 2 heterocycles. The first-order valence-corrected chi connectivity index (χ1v) is 5.75. The van der Waals surface area contributed by atoms with E-state index in [2.05, 4.69) is 26.0 Å². The van der Waals surface area contributed by atoms with Crippen molar-refractivity contribution in [1.29, 1.82) is 0 Å². The summed E-state index contributed by atoms with van der Waals surface area (Å²) in [5.41, 5.74) is 7.25. The van der Waals surface area contributed by atoms with E-state index in [9.17, 15) is 0 Å². The molecule has 6 heteroatoms. The smallest absolute Gasteiger partial charge is 0.154 e.